The van der Waals surface area contributed by atoms with Crippen molar-refractivity contribution in [1.82, 2.24) is 0 Å². The zero-order chi connectivity index (χ0) is 15.6. The molecule has 2 nitrogen and oxygen atoms in total. The molecule has 1 atom stereocenters. The Kier molecular flexibility index (Phi) is 5.35. The molecule has 0 aliphatic carbocycles. The average molecular weight is 422 g/mol. The lowest BCUT2D eigenvalue weighted by atomic mass is 10.0. The fourth-order valence-electron chi connectivity index (χ4n) is 1.94. The molecule has 0 heterocycles. The lowest BCUT2D eigenvalue weighted by Crippen LogP contribution is -2.06. The van der Waals surface area contributed by atoms with E-state index in [2.05, 4.69) is 31.9 Å². The maximum Gasteiger partial charge on any atom is 0.133 e. The fourth-order valence-corrected chi connectivity index (χ4v) is 2.85. The van der Waals surface area contributed by atoms with Gasteiger partial charge in [0.15, 0.2) is 0 Å². The molecule has 0 aromatic heterocycles. The summed E-state index contributed by atoms with van der Waals surface area (Å²) in [5.74, 6) is -1.01. The number of aliphatic hydroxyl groups excluding tert-OH is 1. The molecule has 0 spiro atoms. The molecule has 2 aromatic carbocycles. The van der Waals surface area contributed by atoms with E-state index in [4.69, 9.17) is 4.74 Å². The Bertz CT molecular complexity index is 639. The van der Waals surface area contributed by atoms with Gasteiger partial charge in [-0.2, -0.15) is 0 Å². The Hall–Kier alpha value is -0.980. The van der Waals surface area contributed by atoms with Crippen molar-refractivity contribution in [3.05, 3.63) is 62.0 Å². The summed E-state index contributed by atoms with van der Waals surface area (Å²) in [6.45, 7) is 2.35. The van der Waals surface area contributed by atoms with Crippen molar-refractivity contribution in [2.45, 2.75) is 13.0 Å². The van der Waals surface area contributed by atoms with Gasteiger partial charge in [-0.1, -0.05) is 22.0 Å². The van der Waals surface area contributed by atoms with Gasteiger partial charge in [0.2, 0.25) is 0 Å². The molecule has 0 saturated heterocycles. The lowest BCUT2D eigenvalue weighted by Gasteiger charge is -2.15. The third kappa shape index (κ3) is 3.62. The summed E-state index contributed by atoms with van der Waals surface area (Å²) < 4.78 is 34.0. The predicted molar refractivity (Wildman–Crippen MR) is 83.4 cm³/mol. The highest BCUT2D eigenvalue weighted by molar-refractivity contribution is 9.10. The van der Waals surface area contributed by atoms with E-state index in [1.165, 1.54) is 0 Å². The van der Waals surface area contributed by atoms with Gasteiger partial charge in [-0.25, -0.2) is 8.78 Å². The van der Waals surface area contributed by atoms with Crippen LogP contribution in [0.2, 0.25) is 0 Å². The molecule has 2 aromatic rings. The van der Waals surface area contributed by atoms with Crippen molar-refractivity contribution in [2.75, 3.05) is 6.61 Å². The smallest absolute Gasteiger partial charge is 0.133 e. The zero-order valence-corrected chi connectivity index (χ0v) is 14.2. The summed E-state index contributed by atoms with van der Waals surface area (Å²) in [7, 11) is 0. The summed E-state index contributed by atoms with van der Waals surface area (Å²) in [6, 6.07) is 7.02. The van der Waals surface area contributed by atoms with E-state index in [1.54, 1.807) is 18.2 Å². The first-order valence-electron chi connectivity index (χ1n) is 6.18. The standard InChI is InChI=1S/C15H12Br2F2O2/c1-2-21-13-4-3-8(5-10(13)17)15(20)14-11(18)6-9(16)7-12(14)19/h3-7,15,20H,2H2,1H3. The second kappa shape index (κ2) is 6.85. The first-order valence-corrected chi connectivity index (χ1v) is 7.77. The SMILES string of the molecule is CCOc1ccc(C(O)c2c(F)cc(Br)cc2F)cc1Br. The van der Waals surface area contributed by atoms with Crippen LogP contribution in [-0.2, 0) is 0 Å². The van der Waals surface area contributed by atoms with Crippen molar-refractivity contribution in [2.24, 2.45) is 0 Å². The van der Waals surface area contributed by atoms with Crippen LogP contribution in [0.25, 0.3) is 0 Å². The number of hydrogen-bond donors (Lipinski definition) is 1. The van der Waals surface area contributed by atoms with Crippen LogP contribution in [0.5, 0.6) is 5.75 Å². The van der Waals surface area contributed by atoms with Gasteiger partial charge in [0, 0.05) is 4.47 Å². The second-order valence-corrected chi connectivity index (χ2v) is 6.08. The van der Waals surface area contributed by atoms with Crippen LogP contribution < -0.4 is 4.74 Å². The quantitative estimate of drug-likeness (QED) is 0.755. The molecule has 6 heteroatoms. The molecule has 21 heavy (non-hydrogen) atoms. The van der Waals surface area contributed by atoms with E-state index < -0.39 is 17.7 Å². The minimum atomic E-state index is -1.40. The highest BCUT2D eigenvalue weighted by Crippen LogP contribution is 2.33. The van der Waals surface area contributed by atoms with Crippen molar-refractivity contribution in [3.63, 3.8) is 0 Å². The number of halogens is 4. The third-order valence-electron chi connectivity index (χ3n) is 2.89. The van der Waals surface area contributed by atoms with Gasteiger partial charge in [-0.15, -0.1) is 0 Å². The molecule has 0 bridgehead atoms. The Balaban J connectivity index is 2.41. The van der Waals surface area contributed by atoms with Crippen molar-refractivity contribution < 1.29 is 18.6 Å². The molecular weight excluding hydrogens is 410 g/mol. The summed E-state index contributed by atoms with van der Waals surface area (Å²) in [4.78, 5) is 0. The molecule has 0 radical (unpaired) electrons. The Morgan fingerprint density at radius 2 is 1.76 bits per heavy atom. The van der Waals surface area contributed by atoms with E-state index >= 15 is 0 Å². The summed E-state index contributed by atoms with van der Waals surface area (Å²) >= 11 is 6.31. The van der Waals surface area contributed by atoms with E-state index in [1.807, 2.05) is 6.92 Å². The van der Waals surface area contributed by atoms with Gasteiger partial charge < -0.3 is 9.84 Å². The van der Waals surface area contributed by atoms with Crippen LogP contribution in [0, 0.1) is 11.6 Å². The lowest BCUT2D eigenvalue weighted by molar-refractivity contribution is 0.208. The first-order chi connectivity index (χ1) is 9.93. The van der Waals surface area contributed by atoms with E-state index in [0.29, 0.717) is 22.4 Å². The van der Waals surface area contributed by atoms with Crippen LogP contribution >= 0.6 is 31.9 Å². The Morgan fingerprint density at radius 1 is 1.14 bits per heavy atom. The summed E-state index contributed by atoms with van der Waals surface area (Å²) in [5.41, 5.74) is -0.0142. The van der Waals surface area contributed by atoms with Crippen LogP contribution in [0.4, 0.5) is 8.78 Å². The molecule has 0 saturated carbocycles. The van der Waals surface area contributed by atoms with Crippen LogP contribution in [0.3, 0.4) is 0 Å². The molecule has 0 amide bonds. The van der Waals surface area contributed by atoms with E-state index in [-0.39, 0.29) is 10.0 Å². The number of hydrogen-bond acceptors (Lipinski definition) is 2. The van der Waals surface area contributed by atoms with Gasteiger partial charge in [-0.05, 0) is 52.7 Å². The number of rotatable bonds is 4. The minimum absolute atomic E-state index is 0.279. The molecular formula is C15H12Br2F2O2. The Morgan fingerprint density at radius 3 is 2.29 bits per heavy atom. The van der Waals surface area contributed by atoms with E-state index in [9.17, 15) is 13.9 Å². The topological polar surface area (TPSA) is 29.5 Å². The van der Waals surface area contributed by atoms with Gasteiger partial charge in [-0.3, -0.25) is 0 Å². The number of ether oxygens (including phenoxy) is 1. The minimum Gasteiger partial charge on any atom is -0.493 e. The molecule has 0 aliphatic heterocycles. The van der Waals surface area contributed by atoms with Crippen LogP contribution in [-0.4, -0.2) is 11.7 Å². The average Bonchev–Trinajstić information content (AvgIpc) is 2.40. The van der Waals surface area contributed by atoms with Gasteiger partial charge in [0.05, 0.1) is 16.6 Å². The van der Waals surface area contributed by atoms with Gasteiger partial charge in [0.1, 0.15) is 23.5 Å². The molecule has 1 N–H and O–H groups in total. The molecule has 0 fully saturated rings. The van der Waals surface area contributed by atoms with E-state index in [0.717, 1.165) is 12.1 Å². The van der Waals surface area contributed by atoms with Gasteiger partial charge >= 0.3 is 0 Å². The number of aliphatic hydroxyl groups is 1. The molecule has 0 aliphatic rings. The largest absolute Gasteiger partial charge is 0.493 e. The fraction of sp³-hybridized carbons (Fsp3) is 0.200. The van der Waals surface area contributed by atoms with Crippen molar-refractivity contribution in [3.8, 4) is 5.75 Å². The Labute approximate surface area is 138 Å². The highest BCUT2D eigenvalue weighted by Gasteiger charge is 2.21. The normalized spacial score (nSPS) is 12.3. The van der Waals surface area contributed by atoms with Crippen LogP contribution in [0.1, 0.15) is 24.2 Å². The number of benzene rings is 2. The predicted octanol–water partition coefficient (Wildman–Crippen LogP) is 4.97. The highest BCUT2D eigenvalue weighted by atomic mass is 79.9. The van der Waals surface area contributed by atoms with Gasteiger partial charge in [0.25, 0.3) is 0 Å². The summed E-state index contributed by atoms with van der Waals surface area (Å²) in [5, 5.41) is 10.2. The van der Waals surface area contributed by atoms with Crippen molar-refractivity contribution >= 4 is 31.9 Å². The van der Waals surface area contributed by atoms with Crippen molar-refractivity contribution in [1.29, 1.82) is 0 Å². The molecule has 1 unspecified atom stereocenters. The zero-order valence-electron chi connectivity index (χ0n) is 11.0. The molecule has 112 valence electrons. The second-order valence-electron chi connectivity index (χ2n) is 4.31. The monoisotopic (exact) mass is 420 g/mol. The maximum atomic E-state index is 13.9. The third-order valence-corrected chi connectivity index (χ3v) is 3.97. The molecule has 2 rings (SSSR count). The first kappa shape index (κ1) is 16.4. The maximum absolute atomic E-state index is 13.9. The summed E-state index contributed by atoms with van der Waals surface area (Å²) in [6.07, 6.45) is -1.40. The van der Waals surface area contributed by atoms with Crippen LogP contribution in [0.15, 0.2) is 39.3 Å².